The van der Waals surface area contributed by atoms with Crippen LogP contribution < -0.4 is 0 Å². The fourth-order valence-corrected chi connectivity index (χ4v) is 0.744. The summed E-state index contributed by atoms with van der Waals surface area (Å²) >= 11 is 0. The minimum atomic E-state index is -0.877. The van der Waals surface area contributed by atoms with Crippen LogP contribution in [0, 0.1) is 0 Å². The van der Waals surface area contributed by atoms with Gasteiger partial charge in [-0.15, -0.1) is 0 Å². The highest BCUT2D eigenvalue weighted by atomic mass is 16.3. The molecule has 2 unspecified atom stereocenters. The Labute approximate surface area is 60.7 Å². The lowest BCUT2D eigenvalue weighted by atomic mass is 10.1. The molecule has 0 saturated carbocycles. The van der Waals surface area contributed by atoms with E-state index in [0.29, 0.717) is 12.7 Å². The second-order valence-corrected chi connectivity index (χ2v) is 2.33. The zero-order valence-corrected chi connectivity index (χ0v) is 6.16. The van der Waals surface area contributed by atoms with Crippen LogP contribution in [0.1, 0.15) is 26.2 Å². The maximum absolute atomic E-state index is 9.85. The summed E-state index contributed by atoms with van der Waals surface area (Å²) in [6.45, 7) is 1.91. The van der Waals surface area contributed by atoms with Crippen LogP contribution in [0.25, 0.3) is 0 Å². The molecular formula is C7H14O3. The Hall–Kier alpha value is -0.410. The van der Waals surface area contributed by atoms with Crippen molar-refractivity contribution >= 4 is 6.29 Å². The first-order chi connectivity index (χ1) is 4.72. The molecule has 3 nitrogen and oxygen atoms in total. The molecule has 0 rings (SSSR count). The first-order valence-electron chi connectivity index (χ1n) is 3.52. The normalized spacial score (nSPS) is 16.3. The Morgan fingerprint density at radius 2 is 2.00 bits per heavy atom. The van der Waals surface area contributed by atoms with Crippen LogP contribution in [0.3, 0.4) is 0 Å². The number of rotatable bonds is 5. The number of carbonyl (C=O) groups is 1. The number of aldehydes is 1. The van der Waals surface area contributed by atoms with Crippen molar-refractivity contribution in [1.82, 2.24) is 0 Å². The van der Waals surface area contributed by atoms with Gasteiger partial charge in [-0.25, -0.2) is 0 Å². The van der Waals surface area contributed by atoms with Crippen molar-refractivity contribution in [2.75, 3.05) is 0 Å². The minimum absolute atomic E-state index is 0.0289. The topological polar surface area (TPSA) is 57.5 Å². The zero-order valence-electron chi connectivity index (χ0n) is 6.16. The highest BCUT2D eigenvalue weighted by molar-refractivity contribution is 5.50. The standard InChI is InChI=1S/C7H14O3/c1-2-3-6(9)7(10)4-5-8/h5-7,9-10H,2-4H2,1H3. The molecule has 0 bridgehead atoms. The van der Waals surface area contributed by atoms with Crippen molar-refractivity contribution in [3.05, 3.63) is 0 Å². The Bertz CT molecular complexity index is 92.9. The van der Waals surface area contributed by atoms with E-state index in [9.17, 15) is 4.79 Å². The lowest BCUT2D eigenvalue weighted by Gasteiger charge is -2.13. The van der Waals surface area contributed by atoms with Gasteiger partial charge in [0.1, 0.15) is 6.29 Å². The van der Waals surface area contributed by atoms with E-state index in [2.05, 4.69) is 0 Å². The number of hydrogen-bond acceptors (Lipinski definition) is 3. The highest BCUT2D eigenvalue weighted by Gasteiger charge is 2.13. The third-order valence-corrected chi connectivity index (χ3v) is 1.37. The molecule has 2 atom stereocenters. The summed E-state index contributed by atoms with van der Waals surface area (Å²) in [6.07, 6.45) is 0.393. The smallest absolute Gasteiger partial charge is 0.122 e. The molecule has 0 aromatic rings. The summed E-state index contributed by atoms with van der Waals surface area (Å²) in [5.41, 5.74) is 0. The van der Waals surface area contributed by atoms with Gasteiger partial charge in [-0.05, 0) is 6.42 Å². The van der Waals surface area contributed by atoms with E-state index in [-0.39, 0.29) is 6.42 Å². The molecule has 0 aromatic heterocycles. The molecule has 0 amide bonds. The zero-order chi connectivity index (χ0) is 7.98. The van der Waals surface area contributed by atoms with Crippen LogP contribution in [0.15, 0.2) is 0 Å². The monoisotopic (exact) mass is 146 g/mol. The quantitative estimate of drug-likeness (QED) is 0.541. The number of carbonyl (C=O) groups excluding carboxylic acids is 1. The van der Waals surface area contributed by atoms with Gasteiger partial charge in [0, 0.05) is 6.42 Å². The molecule has 10 heavy (non-hydrogen) atoms. The maximum atomic E-state index is 9.85. The molecule has 0 saturated heterocycles. The van der Waals surface area contributed by atoms with Crippen LogP contribution in [-0.2, 0) is 4.79 Å². The van der Waals surface area contributed by atoms with Crippen molar-refractivity contribution in [3.63, 3.8) is 0 Å². The summed E-state index contributed by atoms with van der Waals surface area (Å²) in [7, 11) is 0. The molecule has 0 aromatic carbocycles. The Morgan fingerprint density at radius 3 is 2.40 bits per heavy atom. The first-order valence-corrected chi connectivity index (χ1v) is 3.52. The van der Waals surface area contributed by atoms with Crippen molar-refractivity contribution < 1.29 is 15.0 Å². The molecule has 3 heteroatoms. The minimum Gasteiger partial charge on any atom is -0.390 e. The molecule has 0 heterocycles. The summed E-state index contributed by atoms with van der Waals surface area (Å²) in [5, 5.41) is 18.0. The van der Waals surface area contributed by atoms with Crippen LogP contribution in [-0.4, -0.2) is 28.7 Å². The molecule has 0 fully saturated rings. The molecule has 0 radical (unpaired) electrons. The SMILES string of the molecule is CCCC(O)C(O)CC=O. The summed E-state index contributed by atoms with van der Waals surface area (Å²) < 4.78 is 0. The van der Waals surface area contributed by atoms with E-state index in [0.717, 1.165) is 6.42 Å². The van der Waals surface area contributed by atoms with E-state index in [1.54, 1.807) is 0 Å². The second kappa shape index (κ2) is 5.38. The van der Waals surface area contributed by atoms with Gasteiger partial charge in [0.25, 0.3) is 0 Å². The Balaban J connectivity index is 3.47. The van der Waals surface area contributed by atoms with Crippen LogP contribution in [0.5, 0.6) is 0 Å². The maximum Gasteiger partial charge on any atom is 0.122 e. The van der Waals surface area contributed by atoms with Gasteiger partial charge in [-0.1, -0.05) is 13.3 Å². The van der Waals surface area contributed by atoms with Crippen molar-refractivity contribution in [1.29, 1.82) is 0 Å². The summed E-state index contributed by atoms with van der Waals surface area (Å²) in [6, 6.07) is 0. The van der Waals surface area contributed by atoms with E-state index >= 15 is 0 Å². The van der Waals surface area contributed by atoms with Crippen molar-refractivity contribution in [3.8, 4) is 0 Å². The second-order valence-electron chi connectivity index (χ2n) is 2.33. The molecule has 0 spiro atoms. The van der Waals surface area contributed by atoms with E-state index in [4.69, 9.17) is 10.2 Å². The van der Waals surface area contributed by atoms with Gasteiger partial charge in [0.2, 0.25) is 0 Å². The molecule has 60 valence electrons. The van der Waals surface area contributed by atoms with Gasteiger partial charge in [0.05, 0.1) is 12.2 Å². The largest absolute Gasteiger partial charge is 0.390 e. The third kappa shape index (κ3) is 3.58. The van der Waals surface area contributed by atoms with Crippen LogP contribution in [0.2, 0.25) is 0 Å². The number of aliphatic hydroxyl groups excluding tert-OH is 2. The number of aliphatic hydroxyl groups is 2. The van der Waals surface area contributed by atoms with Gasteiger partial charge in [-0.2, -0.15) is 0 Å². The van der Waals surface area contributed by atoms with Crippen molar-refractivity contribution in [2.45, 2.75) is 38.4 Å². The summed E-state index contributed by atoms with van der Waals surface area (Å²) in [5.74, 6) is 0. The average Bonchev–Trinajstić information content (AvgIpc) is 1.89. The third-order valence-electron chi connectivity index (χ3n) is 1.37. The molecular weight excluding hydrogens is 132 g/mol. The van der Waals surface area contributed by atoms with E-state index in [1.165, 1.54) is 0 Å². The molecule has 0 aliphatic rings. The predicted molar refractivity (Wildman–Crippen MR) is 37.6 cm³/mol. The summed E-state index contributed by atoms with van der Waals surface area (Å²) in [4.78, 5) is 9.85. The molecule has 0 aliphatic heterocycles. The van der Waals surface area contributed by atoms with Gasteiger partial charge < -0.3 is 15.0 Å². The highest BCUT2D eigenvalue weighted by Crippen LogP contribution is 2.03. The van der Waals surface area contributed by atoms with E-state index < -0.39 is 12.2 Å². The predicted octanol–water partition coefficient (Wildman–Crippen LogP) is 0.0973. The fraction of sp³-hybridized carbons (Fsp3) is 0.857. The van der Waals surface area contributed by atoms with Gasteiger partial charge >= 0.3 is 0 Å². The molecule has 0 aliphatic carbocycles. The fourth-order valence-electron chi connectivity index (χ4n) is 0.744. The first kappa shape index (κ1) is 9.59. The Morgan fingerprint density at radius 1 is 1.40 bits per heavy atom. The number of hydrogen-bond donors (Lipinski definition) is 2. The van der Waals surface area contributed by atoms with E-state index in [1.807, 2.05) is 6.92 Å². The van der Waals surface area contributed by atoms with Gasteiger partial charge in [0.15, 0.2) is 0 Å². The average molecular weight is 146 g/mol. The van der Waals surface area contributed by atoms with Crippen molar-refractivity contribution in [2.24, 2.45) is 0 Å². The van der Waals surface area contributed by atoms with Gasteiger partial charge in [-0.3, -0.25) is 0 Å². The lowest BCUT2D eigenvalue weighted by Crippen LogP contribution is -2.25. The van der Waals surface area contributed by atoms with Crippen LogP contribution >= 0.6 is 0 Å². The lowest BCUT2D eigenvalue weighted by molar-refractivity contribution is -0.111. The van der Waals surface area contributed by atoms with Crippen LogP contribution in [0.4, 0.5) is 0 Å². The Kier molecular flexibility index (Phi) is 5.16. The molecule has 2 N–H and O–H groups in total.